The van der Waals surface area contributed by atoms with Gasteiger partial charge in [0.05, 0.1) is 0 Å². The zero-order valence-electron chi connectivity index (χ0n) is 12.7. The fourth-order valence-corrected chi connectivity index (χ4v) is 3.09. The zero-order chi connectivity index (χ0) is 14.3. The summed E-state index contributed by atoms with van der Waals surface area (Å²) in [6, 6.07) is 7.32. The van der Waals surface area contributed by atoms with Crippen molar-refractivity contribution < 1.29 is 4.42 Å². The van der Waals surface area contributed by atoms with Gasteiger partial charge in [-0.2, -0.15) is 0 Å². The molecule has 108 valence electrons. The van der Waals surface area contributed by atoms with E-state index in [4.69, 9.17) is 4.42 Å². The number of hydrogen-bond donors (Lipinski definition) is 1. The number of piperidine rings is 1. The molecule has 1 aromatic heterocycles. The minimum atomic E-state index is 0.520. The van der Waals surface area contributed by atoms with Crippen LogP contribution in [0.4, 0.5) is 5.69 Å². The predicted octanol–water partition coefficient (Wildman–Crippen LogP) is 3.28. The van der Waals surface area contributed by atoms with E-state index in [0.29, 0.717) is 18.0 Å². The number of hydrogen-bond acceptors (Lipinski definition) is 4. The summed E-state index contributed by atoms with van der Waals surface area (Å²) in [6.45, 7) is 7.64. The molecule has 0 saturated carbocycles. The lowest BCUT2D eigenvalue weighted by atomic mass is 9.89. The van der Waals surface area contributed by atoms with Crippen molar-refractivity contribution in [3.05, 3.63) is 24.1 Å². The van der Waals surface area contributed by atoms with Crippen LogP contribution in [0.5, 0.6) is 0 Å². The molecular weight excluding hydrogens is 250 g/mol. The van der Waals surface area contributed by atoms with Crippen LogP contribution in [0.3, 0.4) is 0 Å². The van der Waals surface area contributed by atoms with Crippen LogP contribution in [-0.4, -0.2) is 35.6 Å². The van der Waals surface area contributed by atoms with Gasteiger partial charge in [-0.1, -0.05) is 6.92 Å². The lowest BCUT2D eigenvalue weighted by molar-refractivity contribution is 0.145. The third kappa shape index (κ3) is 2.52. The lowest BCUT2D eigenvalue weighted by Crippen LogP contribution is -2.48. The van der Waals surface area contributed by atoms with Crippen molar-refractivity contribution in [1.82, 2.24) is 9.88 Å². The third-order valence-electron chi connectivity index (χ3n) is 4.46. The molecule has 4 heteroatoms. The largest absolute Gasteiger partial charge is 0.441 e. The number of oxazole rings is 1. The molecule has 0 spiro atoms. The summed E-state index contributed by atoms with van der Waals surface area (Å²) < 4.78 is 5.52. The Morgan fingerprint density at radius 2 is 2.15 bits per heavy atom. The molecule has 0 aliphatic carbocycles. The van der Waals surface area contributed by atoms with Gasteiger partial charge in [0.25, 0.3) is 0 Å². The number of nitrogens with zero attached hydrogens (tertiary/aromatic N) is 2. The SMILES string of the molecule is Cc1nc2cc(NC3CC(C)N(C)CC3C)ccc2o1. The average molecular weight is 273 g/mol. The van der Waals surface area contributed by atoms with Crippen molar-refractivity contribution in [1.29, 1.82) is 0 Å². The number of fused-ring (bicyclic) bond motifs is 1. The molecule has 1 aliphatic heterocycles. The molecule has 1 aromatic carbocycles. The highest BCUT2D eigenvalue weighted by Crippen LogP contribution is 2.26. The first kappa shape index (κ1) is 13.4. The van der Waals surface area contributed by atoms with Gasteiger partial charge >= 0.3 is 0 Å². The Bertz CT molecular complexity index is 607. The van der Waals surface area contributed by atoms with Gasteiger partial charge in [0.1, 0.15) is 5.52 Å². The summed E-state index contributed by atoms with van der Waals surface area (Å²) >= 11 is 0. The first-order valence-corrected chi connectivity index (χ1v) is 7.37. The smallest absolute Gasteiger partial charge is 0.192 e. The van der Waals surface area contributed by atoms with Gasteiger partial charge in [0, 0.05) is 31.2 Å². The van der Waals surface area contributed by atoms with E-state index >= 15 is 0 Å². The van der Waals surface area contributed by atoms with E-state index in [-0.39, 0.29) is 0 Å². The molecule has 3 atom stereocenters. The summed E-state index contributed by atoms with van der Waals surface area (Å²) in [4.78, 5) is 6.84. The van der Waals surface area contributed by atoms with Crippen LogP contribution in [0.2, 0.25) is 0 Å². The van der Waals surface area contributed by atoms with Gasteiger partial charge in [-0.15, -0.1) is 0 Å². The highest BCUT2D eigenvalue weighted by molar-refractivity contribution is 5.77. The topological polar surface area (TPSA) is 41.3 Å². The molecule has 1 N–H and O–H groups in total. The summed E-state index contributed by atoms with van der Waals surface area (Å²) in [5.74, 6) is 1.37. The summed E-state index contributed by atoms with van der Waals surface area (Å²) in [7, 11) is 2.21. The zero-order valence-corrected chi connectivity index (χ0v) is 12.7. The van der Waals surface area contributed by atoms with E-state index in [1.807, 2.05) is 13.0 Å². The summed E-state index contributed by atoms with van der Waals surface area (Å²) in [5.41, 5.74) is 2.93. The Balaban J connectivity index is 1.78. The van der Waals surface area contributed by atoms with Crippen molar-refractivity contribution in [3.8, 4) is 0 Å². The maximum absolute atomic E-state index is 5.52. The van der Waals surface area contributed by atoms with Crippen LogP contribution in [0.1, 0.15) is 26.2 Å². The Morgan fingerprint density at radius 1 is 1.35 bits per heavy atom. The second-order valence-corrected chi connectivity index (χ2v) is 6.17. The van der Waals surface area contributed by atoms with E-state index in [2.05, 4.69) is 48.2 Å². The average Bonchev–Trinajstić information content (AvgIpc) is 2.75. The number of rotatable bonds is 2. The molecule has 0 amide bonds. The lowest BCUT2D eigenvalue weighted by Gasteiger charge is -2.40. The van der Waals surface area contributed by atoms with Crippen molar-refractivity contribution in [2.45, 2.75) is 39.3 Å². The van der Waals surface area contributed by atoms with Crippen molar-refractivity contribution in [2.75, 3.05) is 18.9 Å². The van der Waals surface area contributed by atoms with Crippen molar-refractivity contribution >= 4 is 16.8 Å². The number of nitrogens with one attached hydrogen (secondary N) is 1. The molecular formula is C16H23N3O. The van der Waals surface area contributed by atoms with Gasteiger partial charge < -0.3 is 14.6 Å². The quantitative estimate of drug-likeness (QED) is 0.911. The van der Waals surface area contributed by atoms with Gasteiger partial charge in [-0.3, -0.25) is 0 Å². The molecule has 2 aromatic rings. The minimum Gasteiger partial charge on any atom is -0.441 e. The second-order valence-electron chi connectivity index (χ2n) is 6.17. The van der Waals surface area contributed by atoms with Crippen molar-refractivity contribution in [2.24, 2.45) is 5.92 Å². The van der Waals surface area contributed by atoms with Crippen LogP contribution in [-0.2, 0) is 0 Å². The molecule has 3 unspecified atom stereocenters. The molecule has 3 rings (SSSR count). The molecule has 1 aliphatic rings. The monoisotopic (exact) mass is 273 g/mol. The van der Waals surface area contributed by atoms with Crippen LogP contribution < -0.4 is 5.32 Å². The maximum atomic E-state index is 5.52. The number of likely N-dealkylation sites (tertiary alicyclic amines) is 1. The number of anilines is 1. The summed E-state index contributed by atoms with van der Waals surface area (Å²) in [5, 5.41) is 3.67. The fraction of sp³-hybridized carbons (Fsp3) is 0.562. The van der Waals surface area contributed by atoms with Crippen LogP contribution in [0, 0.1) is 12.8 Å². The first-order chi connectivity index (χ1) is 9.52. The minimum absolute atomic E-state index is 0.520. The standard InChI is InChI=1S/C16H23N3O/c1-10-9-19(4)11(2)7-14(10)18-13-5-6-16-15(8-13)17-12(3)20-16/h5-6,8,10-11,14,18H,7,9H2,1-4H3. The van der Waals surface area contributed by atoms with E-state index in [0.717, 1.165) is 29.2 Å². The molecule has 1 saturated heterocycles. The highest BCUT2D eigenvalue weighted by Gasteiger charge is 2.28. The summed E-state index contributed by atoms with van der Waals surface area (Å²) in [6.07, 6.45) is 1.17. The van der Waals surface area contributed by atoms with Gasteiger partial charge in [-0.25, -0.2) is 4.98 Å². The molecule has 0 radical (unpaired) electrons. The number of aromatic nitrogens is 1. The maximum Gasteiger partial charge on any atom is 0.192 e. The van der Waals surface area contributed by atoms with Crippen LogP contribution in [0.25, 0.3) is 11.1 Å². The predicted molar refractivity (Wildman–Crippen MR) is 82.0 cm³/mol. The highest BCUT2D eigenvalue weighted by atomic mass is 16.3. The number of benzene rings is 1. The molecule has 1 fully saturated rings. The number of aryl methyl sites for hydroxylation is 1. The third-order valence-corrected chi connectivity index (χ3v) is 4.46. The Morgan fingerprint density at radius 3 is 2.95 bits per heavy atom. The van der Waals surface area contributed by atoms with E-state index in [1.165, 1.54) is 6.42 Å². The van der Waals surface area contributed by atoms with E-state index < -0.39 is 0 Å². The molecule has 4 nitrogen and oxygen atoms in total. The first-order valence-electron chi connectivity index (χ1n) is 7.37. The van der Waals surface area contributed by atoms with Crippen molar-refractivity contribution in [3.63, 3.8) is 0 Å². The Hall–Kier alpha value is -1.55. The van der Waals surface area contributed by atoms with E-state index in [9.17, 15) is 0 Å². The van der Waals surface area contributed by atoms with Gasteiger partial charge in [0.2, 0.25) is 0 Å². The van der Waals surface area contributed by atoms with E-state index in [1.54, 1.807) is 0 Å². The van der Waals surface area contributed by atoms with Crippen LogP contribution >= 0.6 is 0 Å². The Labute approximate surface area is 120 Å². The fourth-order valence-electron chi connectivity index (χ4n) is 3.09. The molecule has 0 bridgehead atoms. The van der Waals surface area contributed by atoms with Crippen LogP contribution in [0.15, 0.2) is 22.6 Å². The molecule has 2 heterocycles. The Kier molecular flexibility index (Phi) is 3.42. The van der Waals surface area contributed by atoms with Gasteiger partial charge in [0.15, 0.2) is 11.5 Å². The van der Waals surface area contributed by atoms with Gasteiger partial charge in [-0.05, 0) is 44.5 Å². The second kappa shape index (κ2) is 5.09. The normalized spacial score (nSPS) is 27.9. The molecule has 20 heavy (non-hydrogen) atoms.